The second-order valence-electron chi connectivity index (χ2n) is 5.50. The lowest BCUT2D eigenvalue weighted by Crippen LogP contribution is -2.11. The van der Waals surface area contributed by atoms with Crippen molar-refractivity contribution in [2.45, 2.75) is 4.58 Å². The van der Waals surface area contributed by atoms with Gasteiger partial charge in [-0.2, -0.15) is 0 Å². The largest absolute Gasteiger partial charge is 0.497 e. The fraction of sp³-hybridized carbons (Fsp3) is 0.222. The van der Waals surface area contributed by atoms with Gasteiger partial charge in [0.15, 0.2) is 5.13 Å². The third-order valence-electron chi connectivity index (χ3n) is 3.88. The van der Waals surface area contributed by atoms with Gasteiger partial charge in [-0.1, -0.05) is 23.5 Å². The molecule has 0 radical (unpaired) electrons. The summed E-state index contributed by atoms with van der Waals surface area (Å²) in [6, 6.07) is 13.6. The Balaban J connectivity index is 1.49. The van der Waals surface area contributed by atoms with Crippen LogP contribution in [-0.4, -0.2) is 29.5 Å². The van der Waals surface area contributed by atoms with Gasteiger partial charge < -0.3 is 4.74 Å². The third-order valence-corrected chi connectivity index (χ3v) is 7.92. The fourth-order valence-electron chi connectivity index (χ4n) is 2.60. The lowest BCUT2D eigenvalue weighted by Gasteiger charge is -2.09. The van der Waals surface area contributed by atoms with Gasteiger partial charge in [0.2, 0.25) is 0 Å². The monoisotopic (exact) mass is 388 g/mol. The van der Waals surface area contributed by atoms with Crippen LogP contribution in [0.1, 0.15) is 20.5 Å². The molecule has 3 aromatic rings. The molecule has 25 heavy (non-hydrogen) atoms. The SMILES string of the molecule is COc1ccc2nc(NC(=O)c3ccc(C4SCCS4)cc3)sc2c1. The standard InChI is InChI=1S/C18H16N2O2S3/c1-22-13-6-7-14-15(10-13)25-18(19-14)20-16(21)11-2-4-12(5-3-11)17-23-8-9-24-17/h2-7,10,17H,8-9H2,1H3,(H,19,20,21). The van der Waals surface area contributed by atoms with E-state index in [0.717, 1.165) is 16.0 Å². The highest BCUT2D eigenvalue weighted by molar-refractivity contribution is 8.19. The first-order valence-corrected chi connectivity index (χ1v) is 10.7. The van der Waals surface area contributed by atoms with Crippen LogP contribution in [0.4, 0.5) is 5.13 Å². The van der Waals surface area contributed by atoms with E-state index in [1.54, 1.807) is 7.11 Å². The molecule has 1 N–H and O–H groups in total. The van der Waals surface area contributed by atoms with Gasteiger partial charge >= 0.3 is 0 Å². The molecule has 1 amide bonds. The van der Waals surface area contributed by atoms with Gasteiger partial charge in [-0.05, 0) is 35.9 Å². The summed E-state index contributed by atoms with van der Waals surface area (Å²) in [4.78, 5) is 16.9. The highest BCUT2D eigenvalue weighted by Crippen LogP contribution is 2.45. The fourth-order valence-corrected chi connectivity index (χ4v) is 6.35. The van der Waals surface area contributed by atoms with Gasteiger partial charge in [-0.15, -0.1) is 23.5 Å². The second-order valence-corrected chi connectivity index (χ2v) is 9.26. The Morgan fingerprint density at radius 3 is 2.64 bits per heavy atom. The number of methoxy groups -OCH3 is 1. The van der Waals surface area contributed by atoms with Crippen LogP contribution in [0.2, 0.25) is 0 Å². The van der Waals surface area contributed by atoms with Crippen LogP contribution in [0.3, 0.4) is 0 Å². The Hall–Kier alpha value is -1.70. The van der Waals surface area contributed by atoms with Crippen LogP contribution in [0.25, 0.3) is 10.2 Å². The molecule has 4 rings (SSSR count). The van der Waals surface area contributed by atoms with Crippen molar-refractivity contribution in [1.29, 1.82) is 0 Å². The molecule has 4 nitrogen and oxygen atoms in total. The minimum Gasteiger partial charge on any atom is -0.497 e. The lowest BCUT2D eigenvalue weighted by atomic mass is 10.1. The zero-order valence-corrected chi connectivity index (χ0v) is 16.0. The quantitative estimate of drug-likeness (QED) is 0.679. The van der Waals surface area contributed by atoms with E-state index in [2.05, 4.69) is 10.3 Å². The summed E-state index contributed by atoms with van der Waals surface area (Å²) in [5.41, 5.74) is 2.77. The van der Waals surface area contributed by atoms with Gasteiger partial charge in [0.1, 0.15) is 5.75 Å². The molecule has 0 saturated carbocycles. The highest BCUT2D eigenvalue weighted by Gasteiger charge is 2.18. The third kappa shape index (κ3) is 3.63. The summed E-state index contributed by atoms with van der Waals surface area (Å²) in [6.45, 7) is 0. The maximum absolute atomic E-state index is 12.5. The first-order valence-electron chi connectivity index (χ1n) is 7.82. The molecule has 1 aliphatic rings. The van der Waals surface area contributed by atoms with E-state index >= 15 is 0 Å². The number of anilines is 1. The maximum atomic E-state index is 12.5. The number of thioether (sulfide) groups is 2. The Bertz CT molecular complexity index is 902. The van der Waals surface area contributed by atoms with Crippen molar-refractivity contribution in [1.82, 2.24) is 4.98 Å². The molecule has 0 aliphatic carbocycles. The van der Waals surface area contributed by atoms with Crippen LogP contribution < -0.4 is 10.1 Å². The van der Waals surface area contributed by atoms with Gasteiger partial charge in [0.25, 0.3) is 5.91 Å². The second kappa shape index (κ2) is 7.27. The van der Waals surface area contributed by atoms with Crippen LogP contribution in [0.15, 0.2) is 42.5 Å². The van der Waals surface area contributed by atoms with Crippen LogP contribution in [0, 0.1) is 0 Å². The molecule has 1 fully saturated rings. The van der Waals surface area contributed by atoms with Gasteiger partial charge in [-0.25, -0.2) is 4.98 Å². The van der Waals surface area contributed by atoms with Crippen LogP contribution in [-0.2, 0) is 0 Å². The van der Waals surface area contributed by atoms with Crippen molar-refractivity contribution in [3.63, 3.8) is 0 Å². The van der Waals surface area contributed by atoms with Crippen molar-refractivity contribution in [2.24, 2.45) is 0 Å². The molecule has 0 spiro atoms. The topological polar surface area (TPSA) is 51.2 Å². The summed E-state index contributed by atoms with van der Waals surface area (Å²) in [7, 11) is 1.64. The number of amides is 1. The van der Waals surface area contributed by atoms with Crippen molar-refractivity contribution >= 4 is 56.1 Å². The van der Waals surface area contributed by atoms with E-state index in [0.29, 0.717) is 15.3 Å². The highest BCUT2D eigenvalue weighted by atomic mass is 32.2. The minimum absolute atomic E-state index is 0.135. The van der Waals surface area contributed by atoms with Gasteiger partial charge in [0, 0.05) is 17.1 Å². The smallest absolute Gasteiger partial charge is 0.257 e. The normalized spacial score (nSPS) is 14.8. The van der Waals surface area contributed by atoms with Gasteiger partial charge in [-0.3, -0.25) is 10.1 Å². The van der Waals surface area contributed by atoms with Crippen LogP contribution >= 0.6 is 34.9 Å². The molecule has 0 atom stereocenters. The molecule has 1 aliphatic heterocycles. The van der Waals surface area contributed by atoms with Crippen molar-refractivity contribution in [3.05, 3.63) is 53.6 Å². The van der Waals surface area contributed by atoms with E-state index in [-0.39, 0.29) is 5.91 Å². The zero-order chi connectivity index (χ0) is 17.2. The molecule has 128 valence electrons. The Kier molecular flexibility index (Phi) is 4.87. The van der Waals surface area contributed by atoms with E-state index < -0.39 is 0 Å². The summed E-state index contributed by atoms with van der Waals surface area (Å²) in [5, 5.41) is 3.49. The number of rotatable bonds is 4. The molecule has 1 saturated heterocycles. The van der Waals surface area contributed by atoms with Crippen LogP contribution in [0.5, 0.6) is 5.75 Å². The zero-order valence-electron chi connectivity index (χ0n) is 13.5. The first-order chi connectivity index (χ1) is 12.2. The molecule has 0 bridgehead atoms. The molecule has 0 unspecified atom stereocenters. The Morgan fingerprint density at radius 2 is 1.92 bits per heavy atom. The lowest BCUT2D eigenvalue weighted by molar-refractivity contribution is 0.102. The molecular weight excluding hydrogens is 372 g/mol. The number of fused-ring (bicyclic) bond motifs is 1. The number of benzene rings is 2. The number of carbonyl (C=O) groups is 1. The number of ether oxygens (including phenoxy) is 1. The molecular formula is C18H16N2O2S3. The Morgan fingerprint density at radius 1 is 1.16 bits per heavy atom. The summed E-state index contributed by atoms with van der Waals surface area (Å²) >= 11 is 5.37. The average Bonchev–Trinajstić information content (AvgIpc) is 3.30. The van der Waals surface area contributed by atoms with Crippen molar-refractivity contribution in [3.8, 4) is 5.75 Å². The predicted molar refractivity (Wildman–Crippen MR) is 108 cm³/mol. The first kappa shape index (κ1) is 16.8. The Labute approximate surface area is 158 Å². The summed E-state index contributed by atoms with van der Waals surface area (Å²) < 4.78 is 6.71. The summed E-state index contributed by atoms with van der Waals surface area (Å²) in [5.74, 6) is 3.04. The number of hydrogen-bond acceptors (Lipinski definition) is 6. The molecule has 2 aromatic carbocycles. The molecule has 7 heteroatoms. The number of aromatic nitrogens is 1. The number of nitrogens with zero attached hydrogens (tertiary/aromatic N) is 1. The van der Waals surface area contributed by atoms with Gasteiger partial charge in [0.05, 0.1) is 21.9 Å². The number of carbonyl (C=O) groups excluding carboxylic acids is 1. The number of thiazole rings is 1. The maximum Gasteiger partial charge on any atom is 0.257 e. The number of hydrogen-bond donors (Lipinski definition) is 1. The minimum atomic E-state index is -0.135. The predicted octanol–water partition coefficient (Wildman–Crippen LogP) is 5.04. The molecule has 2 heterocycles. The van der Waals surface area contributed by atoms with E-state index in [1.807, 2.05) is 66.0 Å². The van der Waals surface area contributed by atoms with Crippen molar-refractivity contribution < 1.29 is 9.53 Å². The molecule has 1 aromatic heterocycles. The van der Waals surface area contributed by atoms with E-state index in [9.17, 15) is 4.79 Å². The van der Waals surface area contributed by atoms with E-state index in [4.69, 9.17) is 4.74 Å². The number of nitrogens with one attached hydrogen (secondary N) is 1. The average molecular weight is 389 g/mol. The van der Waals surface area contributed by atoms with Crippen molar-refractivity contribution in [2.75, 3.05) is 23.9 Å². The van der Waals surface area contributed by atoms with E-state index in [1.165, 1.54) is 28.4 Å². The summed E-state index contributed by atoms with van der Waals surface area (Å²) in [6.07, 6.45) is 0.